The first-order chi connectivity index (χ1) is 11.8. The molecule has 4 rings (SSSR count). The van der Waals surface area contributed by atoms with Crippen LogP contribution in [0.15, 0.2) is 58.2 Å². The van der Waals surface area contributed by atoms with Crippen molar-refractivity contribution in [1.29, 1.82) is 0 Å². The van der Waals surface area contributed by atoms with E-state index in [9.17, 15) is 0 Å². The molecule has 1 fully saturated rings. The third-order valence-corrected chi connectivity index (χ3v) is 4.98. The summed E-state index contributed by atoms with van der Waals surface area (Å²) in [4.78, 5) is 12.3. The number of likely N-dealkylation sites (tertiary alicyclic amines) is 1. The van der Waals surface area contributed by atoms with Crippen molar-refractivity contribution >= 4 is 11.8 Å². The molecule has 1 saturated heterocycles. The van der Waals surface area contributed by atoms with Gasteiger partial charge in [0.2, 0.25) is 11.7 Å². The molecule has 0 bridgehead atoms. The van der Waals surface area contributed by atoms with Crippen LogP contribution in [-0.4, -0.2) is 39.4 Å². The second-order valence-electron chi connectivity index (χ2n) is 5.94. The first-order valence-electron chi connectivity index (χ1n) is 7.91. The standard InChI is InChI=1S/C18H18N4OS/c1-24-16-6-4-13(5-7-16)10-22-11-15(12-22)18-20-17(21-23-18)14-3-2-8-19-9-14/h2-9,15H,10-12H2,1H3. The predicted molar refractivity (Wildman–Crippen MR) is 93.8 cm³/mol. The van der Waals surface area contributed by atoms with Gasteiger partial charge in [-0.3, -0.25) is 9.88 Å². The van der Waals surface area contributed by atoms with E-state index >= 15 is 0 Å². The van der Waals surface area contributed by atoms with Gasteiger partial charge in [-0.05, 0) is 36.1 Å². The highest BCUT2D eigenvalue weighted by Crippen LogP contribution is 2.29. The number of rotatable bonds is 5. The van der Waals surface area contributed by atoms with E-state index in [0.29, 0.717) is 11.7 Å². The molecule has 1 aliphatic heterocycles. The molecular weight excluding hydrogens is 320 g/mol. The monoisotopic (exact) mass is 338 g/mol. The molecule has 1 aliphatic rings. The summed E-state index contributed by atoms with van der Waals surface area (Å²) in [6, 6.07) is 12.6. The number of pyridine rings is 1. The van der Waals surface area contributed by atoms with Crippen LogP contribution in [0.4, 0.5) is 0 Å². The SMILES string of the molecule is CSc1ccc(CN2CC(c3nc(-c4cccnc4)no3)C2)cc1. The third kappa shape index (κ3) is 3.20. The summed E-state index contributed by atoms with van der Waals surface area (Å²) < 4.78 is 5.43. The molecule has 0 amide bonds. The van der Waals surface area contributed by atoms with Crippen LogP contribution in [0.1, 0.15) is 17.4 Å². The van der Waals surface area contributed by atoms with Gasteiger partial charge in [0.1, 0.15) is 0 Å². The number of hydrogen-bond acceptors (Lipinski definition) is 6. The maximum absolute atomic E-state index is 5.43. The van der Waals surface area contributed by atoms with Gasteiger partial charge >= 0.3 is 0 Å². The largest absolute Gasteiger partial charge is 0.339 e. The highest BCUT2D eigenvalue weighted by Gasteiger charge is 2.32. The lowest BCUT2D eigenvalue weighted by molar-refractivity contribution is 0.117. The number of hydrogen-bond donors (Lipinski definition) is 0. The molecule has 0 spiro atoms. The Morgan fingerprint density at radius 1 is 1.21 bits per heavy atom. The number of benzene rings is 1. The number of thioether (sulfide) groups is 1. The summed E-state index contributed by atoms with van der Waals surface area (Å²) in [5.41, 5.74) is 2.23. The van der Waals surface area contributed by atoms with E-state index in [1.54, 1.807) is 24.2 Å². The van der Waals surface area contributed by atoms with E-state index in [0.717, 1.165) is 31.1 Å². The Labute approximate surface area is 145 Å². The van der Waals surface area contributed by atoms with Gasteiger partial charge in [-0.25, -0.2) is 0 Å². The second kappa shape index (κ2) is 6.75. The van der Waals surface area contributed by atoms with Crippen LogP contribution < -0.4 is 0 Å². The van der Waals surface area contributed by atoms with Crippen LogP contribution in [0.3, 0.4) is 0 Å². The smallest absolute Gasteiger partial charge is 0.232 e. The topological polar surface area (TPSA) is 55.1 Å². The molecule has 0 atom stereocenters. The van der Waals surface area contributed by atoms with E-state index < -0.39 is 0 Å². The Balaban J connectivity index is 1.35. The lowest BCUT2D eigenvalue weighted by atomic mass is 9.99. The minimum absolute atomic E-state index is 0.327. The van der Waals surface area contributed by atoms with Crippen LogP contribution in [0.25, 0.3) is 11.4 Å². The van der Waals surface area contributed by atoms with Crippen molar-refractivity contribution < 1.29 is 4.52 Å². The molecule has 3 heterocycles. The summed E-state index contributed by atoms with van der Waals surface area (Å²) in [5, 5.41) is 4.07. The molecule has 5 nitrogen and oxygen atoms in total. The lowest BCUT2D eigenvalue weighted by Crippen LogP contribution is -2.44. The van der Waals surface area contributed by atoms with E-state index in [1.165, 1.54) is 10.5 Å². The van der Waals surface area contributed by atoms with Crippen LogP contribution in [0.5, 0.6) is 0 Å². The zero-order chi connectivity index (χ0) is 16.4. The molecule has 2 aromatic heterocycles. The first kappa shape index (κ1) is 15.4. The maximum atomic E-state index is 5.43. The van der Waals surface area contributed by atoms with Gasteiger partial charge in [-0.15, -0.1) is 11.8 Å². The zero-order valence-corrected chi connectivity index (χ0v) is 14.2. The molecule has 1 aromatic carbocycles. The zero-order valence-electron chi connectivity index (χ0n) is 13.4. The summed E-state index contributed by atoms with van der Waals surface area (Å²) >= 11 is 1.77. The number of aromatic nitrogens is 3. The first-order valence-corrected chi connectivity index (χ1v) is 9.13. The van der Waals surface area contributed by atoms with E-state index in [2.05, 4.69) is 50.5 Å². The molecular formula is C18H18N4OS. The van der Waals surface area contributed by atoms with E-state index in [1.807, 2.05) is 12.1 Å². The summed E-state index contributed by atoms with van der Waals surface area (Å²) in [6.07, 6.45) is 5.58. The summed E-state index contributed by atoms with van der Waals surface area (Å²) in [6.45, 7) is 2.88. The summed E-state index contributed by atoms with van der Waals surface area (Å²) in [7, 11) is 0. The van der Waals surface area contributed by atoms with Crippen molar-refractivity contribution in [3.05, 3.63) is 60.2 Å². The van der Waals surface area contributed by atoms with Gasteiger partial charge < -0.3 is 4.52 Å². The van der Waals surface area contributed by atoms with Crippen molar-refractivity contribution in [2.24, 2.45) is 0 Å². The van der Waals surface area contributed by atoms with Gasteiger partial charge in [0.15, 0.2) is 0 Å². The van der Waals surface area contributed by atoms with E-state index in [4.69, 9.17) is 4.52 Å². The van der Waals surface area contributed by atoms with E-state index in [-0.39, 0.29) is 0 Å². The molecule has 0 radical (unpaired) electrons. The van der Waals surface area contributed by atoms with Crippen molar-refractivity contribution in [1.82, 2.24) is 20.0 Å². The molecule has 0 N–H and O–H groups in total. The fraction of sp³-hybridized carbons (Fsp3) is 0.278. The van der Waals surface area contributed by atoms with Gasteiger partial charge in [0.25, 0.3) is 0 Å². The lowest BCUT2D eigenvalue weighted by Gasteiger charge is -2.37. The molecule has 3 aromatic rings. The Kier molecular flexibility index (Phi) is 4.32. The minimum Gasteiger partial charge on any atom is -0.339 e. The Hall–Kier alpha value is -2.18. The van der Waals surface area contributed by atoms with Crippen LogP contribution >= 0.6 is 11.8 Å². The van der Waals surface area contributed by atoms with Crippen LogP contribution in [0, 0.1) is 0 Å². The Morgan fingerprint density at radius 3 is 2.75 bits per heavy atom. The average Bonchev–Trinajstić information content (AvgIpc) is 3.08. The van der Waals surface area contributed by atoms with Gasteiger partial charge in [0.05, 0.1) is 5.92 Å². The van der Waals surface area contributed by atoms with Gasteiger partial charge in [-0.1, -0.05) is 17.3 Å². The van der Waals surface area contributed by atoms with Gasteiger partial charge in [0, 0.05) is 42.5 Å². The maximum Gasteiger partial charge on any atom is 0.232 e. The van der Waals surface area contributed by atoms with Crippen molar-refractivity contribution in [2.75, 3.05) is 19.3 Å². The third-order valence-electron chi connectivity index (χ3n) is 4.23. The predicted octanol–water partition coefficient (Wildman–Crippen LogP) is 3.45. The molecule has 6 heteroatoms. The van der Waals surface area contributed by atoms with Crippen molar-refractivity contribution in [3.63, 3.8) is 0 Å². The summed E-state index contributed by atoms with van der Waals surface area (Å²) in [5.74, 6) is 1.67. The average molecular weight is 338 g/mol. The molecule has 0 saturated carbocycles. The molecule has 0 aliphatic carbocycles. The normalized spacial score (nSPS) is 15.4. The Bertz CT molecular complexity index is 797. The van der Waals surface area contributed by atoms with Crippen LogP contribution in [0.2, 0.25) is 0 Å². The number of nitrogens with zero attached hydrogens (tertiary/aromatic N) is 4. The quantitative estimate of drug-likeness (QED) is 0.664. The van der Waals surface area contributed by atoms with Crippen molar-refractivity contribution in [2.45, 2.75) is 17.4 Å². The highest BCUT2D eigenvalue weighted by atomic mass is 32.2. The second-order valence-corrected chi connectivity index (χ2v) is 6.82. The molecule has 122 valence electrons. The fourth-order valence-corrected chi connectivity index (χ4v) is 3.27. The molecule has 24 heavy (non-hydrogen) atoms. The van der Waals surface area contributed by atoms with Crippen molar-refractivity contribution in [3.8, 4) is 11.4 Å². The van der Waals surface area contributed by atoms with Crippen LogP contribution in [-0.2, 0) is 6.54 Å². The Morgan fingerprint density at radius 2 is 2.04 bits per heavy atom. The van der Waals surface area contributed by atoms with Gasteiger partial charge in [-0.2, -0.15) is 4.98 Å². The molecule has 0 unspecified atom stereocenters. The fourth-order valence-electron chi connectivity index (χ4n) is 2.86. The minimum atomic E-state index is 0.327. The highest BCUT2D eigenvalue weighted by molar-refractivity contribution is 7.98.